The van der Waals surface area contributed by atoms with Gasteiger partial charge in [0.15, 0.2) is 0 Å². The fourth-order valence-corrected chi connectivity index (χ4v) is 3.32. The van der Waals surface area contributed by atoms with Gasteiger partial charge in [-0.1, -0.05) is 51.0 Å². The van der Waals surface area contributed by atoms with Crippen LogP contribution >= 0.6 is 0 Å². The van der Waals surface area contributed by atoms with Gasteiger partial charge in [-0.2, -0.15) is 0 Å². The molecule has 1 fully saturated rings. The van der Waals surface area contributed by atoms with Crippen LogP contribution in [0.5, 0.6) is 0 Å². The smallest absolute Gasteiger partial charge is 0.0320 e. The maximum absolute atomic E-state index is 6.22. The highest BCUT2D eigenvalue weighted by Crippen LogP contribution is 2.27. The molecule has 1 aromatic rings. The van der Waals surface area contributed by atoms with E-state index < -0.39 is 0 Å². The molecule has 0 saturated carbocycles. The summed E-state index contributed by atoms with van der Waals surface area (Å²) in [6, 6.07) is 10.1. The third-order valence-electron chi connectivity index (χ3n) is 4.90. The Balaban J connectivity index is 2.01. The van der Waals surface area contributed by atoms with E-state index in [4.69, 9.17) is 5.73 Å². The van der Waals surface area contributed by atoms with E-state index in [1.54, 1.807) is 0 Å². The lowest BCUT2D eigenvalue weighted by molar-refractivity contribution is 0.114. The van der Waals surface area contributed by atoms with Crippen molar-refractivity contribution in [3.63, 3.8) is 0 Å². The van der Waals surface area contributed by atoms with Gasteiger partial charge in [0.05, 0.1) is 0 Å². The highest BCUT2D eigenvalue weighted by atomic mass is 15.2. The van der Waals surface area contributed by atoms with Crippen molar-refractivity contribution in [1.29, 1.82) is 0 Å². The Morgan fingerprint density at radius 1 is 1.25 bits per heavy atom. The number of likely N-dealkylation sites (tertiary alicyclic amines) is 1. The van der Waals surface area contributed by atoms with Crippen LogP contribution in [0, 0.1) is 5.92 Å². The molecule has 2 heteroatoms. The van der Waals surface area contributed by atoms with E-state index in [1.165, 1.54) is 30.4 Å². The zero-order valence-corrected chi connectivity index (χ0v) is 13.3. The predicted octanol–water partition coefficient (Wildman–Crippen LogP) is 3.76. The zero-order valence-electron chi connectivity index (χ0n) is 13.3. The SMILES string of the molecule is CCCc1ccc(C(C)N2CCC(N)C(CC)C2)cc1. The Morgan fingerprint density at radius 3 is 2.55 bits per heavy atom. The lowest BCUT2D eigenvalue weighted by atomic mass is 9.89. The summed E-state index contributed by atoms with van der Waals surface area (Å²) < 4.78 is 0. The molecule has 2 nitrogen and oxygen atoms in total. The van der Waals surface area contributed by atoms with Crippen LogP contribution in [0.2, 0.25) is 0 Å². The molecule has 0 amide bonds. The number of piperidine rings is 1. The summed E-state index contributed by atoms with van der Waals surface area (Å²) in [5.74, 6) is 0.658. The summed E-state index contributed by atoms with van der Waals surface area (Å²) in [6.07, 6.45) is 4.73. The molecular weight excluding hydrogens is 244 g/mol. The van der Waals surface area contributed by atoms with Gasteiger partial charge in [-0.3, -0.25) is 4.90 Å². The third kappa shape index (κ3) is 3.62. The highest BCUT2D eigenvalue weighted by Gasteiger charge is 2.28. The zero-order chi connectivity index (χ0) is 14.5. The van der Waals surface area contributed by atoms with Crippen molar-refractivity contribution in [3.05, 3.63) is 35.4 Å². The second-order valence-electron chi connectivity index (χ2n) is 6.28. The van der Waals surface area contributed by atoms with Crippen LogP contribution in [0.4, 0.5) is 0 Å². The Morgan fingerprint density at radius 2 is 1.95 bits per heavy atom. The van der Waals surface area contributed by atoms with Crippen LogP contribution in [-0.2, 0) is 6.42 Å². The quantitative estimate of drug-likeness (QED) is 0.886. The molecule has 2 N–H and O–H groups in total. The minimum atomic E-state index is 0.399. The molecule has 1 saturated heterocycles. The van der Waals surface area contributed by atoms with E-state index in [-0.39, 0.29) is 0 Å². The summed E-state index contributed by atoms with van der Waals surface area (Å²) >= 11 is 0. The van der Waals surface area contributed by atoms with Gasteiger partial charge in [-0.25, -0.2) is 0 Å². The van der Waals surface area contributed by atoms with E-state index in [9.17, 15) is 0 Å². The molecule has 1 aromatic carbocycles. The molecule has 20 heavy (non-hydrogen) atoms. The topological polar surface area (TPSA) is 29.3 Å². The fraction of sp³-hybridized carbons (Fsp3) is 0.667. The second kappa shape index (κ2) is 7.24. The Hall–Kier alpha value is -0.860. The van der Waals surface area contributed by atoms with Crippen LogP contribution < -0.4 is 5.73 Å². The van der Waals surface area contributed by atoms with Gasteiger partial charge in [-0.15, -0.1) is 0 Å². The standard InChI is InChI=1S/C18H30N2/c1-4-6-15-7-9-17(10-8-15)14(3)20-12-11-18(19)16(5-2)13-20/h7-10,14,16,18H,4-6,11-13,19H2,1-3H3. The molecule has 0 aliphatic carbocycles. The van der Waals surface area contributed by atoms with Crippen LogP contribution in [0.25, 0.3) is 0 Å². The fourth-order valence-electron chi connectivity index (χ4n) is 3.32. The monoisotopic (exact) mass is 274 g/mol. The maximum Gasteiger partial charge on any atom is 0.0320 e. The lowest BCUT2D eigenvalue weighted by Crippen LogP contribution is -2.47. The molecule has 1 aliphatic rings. The van der Waals surface area contributed by atoms with Crippen LogP contribution in [0.15, 0.2) is 24.3 Å². The van der Waals surface area contributed by atoms with Gasteiger partial charge < -0.3 is 5.73 Å². The minimum absolute atomic E-state index is 0.399. The summed E-state index contributed by atoms with van der Waals surface area (Å²) in [7, 11) is 0. The van der Waals surface area contributed by atoms with E-state index in [0.717, 1.165) is 19.5 Å². The number of hydrogen-bond acceptors (Lipinski definition) is 2. The number of rotatable bonds is 5. The molecule has 112 valence electrons. The molecule has 1 heterocycles. The Bertz CT molecular complexity index is 398. The summed E-state index contributed by atoms with van der Waals surface area (Å²) in [6.45, 7) is 9.11. The van der Waals surface area contributed by atoms with Gasteiger partial charge in [0.1, 0.15) is 0 Å². The summed E-state index contributed by atoms with van der Waals surface area (Å²) in [4.78, 5) is 2.60. The first-order valence-electron chi connectivity index (χ1n) is 8.24. The third-order valence-corrected chi connectivity index (χ3v) is 4.90. The molecule has 1 aliphatic heterocycles. The van der Waals surface area contributed by atoms with E-state index in [1.807, 2.05) is 0 Å². The molecule has 0 radical (unpaired) electrons. The number of nitrogens with two attached hydrogens (primary N) is 1. The molecule has 3 unspecified atom stereocenters. The van der Waals surface area contributed by atoms with E-state index >= 15 is 0 Å². The van der Waals surface area contributed by atoms with Crippen molar-refractivity contribution in [2.75, 3.05) is 13.1 Å². The van der Waals surface area contributed by atoms with Crippen LogP contribution in [0.1, 0.15) is 57.2 Å². The Kier molecular flexibility index (Phi) is 5.62. The molecule has 0 spiro atoms. The maximum atomic E-state index is 6.22. The number of nitrogens with zero attached hydrogens (tertiary/aromatic N) is 1. The number of hydrogen-bond donors (Lipinski definition) is 1. The predicted molar refractivity (Wildman–Crippen MR) is 86.8 cm³/mol. The summed E-state index contributed by atoms with van der Waals surface area (Å²) in [5, 5.41) is 0. The van der Waals surface area contributed by atoms with Crippen molar-refractivity contribution < 1.29 is 0 Å². The van der Waals surface area contributed by atoms with Crippen molar-refractivity contribution in [2.45, 2.75) is 58.5 Å². The van der Waals surface area contributed by atoms with Gasteiger partial charge >= 0.3 is 0 Å². The Labute approximate surface area is 124 Å². The highest BCUT2D eigenvalue weighted by molar-refractivity contribution is 5.25. The van der Waals surface area contributed by atoms with Gasteiger partial charge in [0.25, 0.3) is 0 Å². The van der Waals surface area contributed by atoms with Gasteiger partial charge in [0.2, 0.25) is 0 Å². The van der Waals surface area contributed by atoms with Crippen molar-refractivity contribution in [2.24, 2.45) is 11.7 Å². The van der Waals surface area contributed by atoms with Gasteiger partial charge in [-0.05, 0) is 36.8 Å². The first-order valence-corrected chi connectivity index (χ1v) is 8.24. The molecule has 0 aromatic heterocycles. The largest absolute Gasteiger partial charge is 0.327 e. The van der Waals surface area contributed by atoms with E-state index in [2.05, 4.69) is 49.9 Å². The normalized spacial score (nSPS) is 25.6. The lowest BCUT2D eigenvalue weighted by Gasteiger charge is -2.40. The number of benzene rings is 1. The van der Waals surface area contributed by atoms with Crippen LogP contribution in [-0.4, -0.2) is 24.0 Å². The average Bonchev–Trinajstić information content (AvgIpc) is 2.48. The first kappa shape index (κ1) is 15.5. The molecular formula is C18H30N2. The summed E-state index contributed by atoms with van der Waals surface area (Å²) in [5.41, 5.74) is 9.11. The van der Waals surface area contributed by atoms with E-state index in [0.29, 0.717) is 18.0 Å². The van der Waals surface area contributed by atoms with Crippen molar-refractivity contribution in [1.82, 2.24) is 4.90 Å². The van der Waals surface area contributed by atoms with Crippen molar-refractivity contribution >= 4 is 0 Å². The second-order valence-corrected chi connectivity index (χ2v) is 6.28. The number of aryl methyl sites for hydroxylation is 1. The van der Waals surface area contributed by atoms with Crippen LogP contribution in [0.3, 0.4) is 0 Å². The minimum Gasteiger partial charge on any atom is -0.327 e. The van der Waals surface area contributed by atoms with Crippen molar-refractivity contribution in [3.8, 4) is 0 Å². The first-order chi connectivity index (χ1) is 9.65. The molecule has 0 bridgehead atoms. The molecule has 3 atom stereocenters. The van der Waals surface area contributed by atoms with Gasteiger partial charge in [0, 0.05) is 25.2 Å². The average molecular weight is 274 g/mol. The molecule has 2 rings (SSSR count).